The minimum absolute atomic E-state index is 0.101. The van der Waals surface area contributed by atoms with Crippen molar-refractivity contribution in [1.82, 2.24) is 0 Å². The third kappa shape index (κ3) is 9.65. The van der Waals surface area contributed by atoms with Gasteiger partial charge in [-0.05, 0) is 103 Å². The molecule has 2 unspecified atom stereocenters. The first-order valence-electron chi connectivity index (χ1n) is 22.7. The van der Waals surface area contributed by atoms with Gasteiger partial charge in [0.15, 0.2) is 0 Å². The average molecular weight is 819 g/mol. The van der Waals surface area contributed by atoms with Crippen molar-refractivity contribution >= 4 is 22.8 Å². The van der Waals surface area contributed by atoms with Crippen LogP contribution in [-0.4, -0.2) is 11.4 Å². The first-order valence-corrected chi connectivity index (χ1v) is 22.7. The summed E-state index contributed by atoms with van der Waals surface area (Å²) < 4.78 is 0. The molecule has 2 atom stereocenters. The summed E-state index contributed by atoms with van der Waals surface area (Å²) in [5.41, 5.74) is 15.2. The number of para-hydroxylation sites is 2. The van der Waals surface area contributed by atoms with E-state index in [1.54, 1.807) is 0 Å². The van der Waals surface area contributed by atoms with Crippen LogP contribution in [0.15, 0.2) is 168 Å². The second kappa shape index (κ2) is 16.9. The maximum Gasteiger partial charge on any atom is 0.0831 e. The molecular formula is C58H66N4. The van der Waals surface area contributed by atoms with Crippen LogP contribution in [-0.2, 0) is 10.8 Å². The summed E-state index contributed by atoms with van der Waals surface area (Å²) in [6, 6.07) is 58.1. The molecule has 0 radical (unpaired) electrons. The molecule has 0 aromatic heterocycles. The van der Waals surface area contributed by atoms with Crippen LogP contribution in [0.2, 0.25) is 0 Å². The van der Waals surface area contributed by atoms with Crippen LogP contribution in [0.25, 0.3) is 11.1 Å². The van der Waals surface area contributed by atoms with Gasteiger partial charge in [0.1, 0.15) is 0 Å². The largest absolute Gasteiger partial charge is 0.257 e. The number of rotatable bonds is 11. The van der Waals surface area contributed by atoms with Gasteiger partial charge in [0.2, 0.25) is 0 Å². The van der Waals surface area contributed by atoms with Crippen molar-refractivity contribution in [2.75, 3.05) is 10.0 Å². The number of anilines is 2. The van der Waals surface area contributed by atoms with Gasteiger partial charge >= 0.3 is 0 Å². The van der Waals surface area contributed by atoms with Crippen LogP contribution in [0.5, 0.6) is 0 Å². The van der Waals surface area contributed by atoms with Gasteiger partial charge in [-0.2, -0.15) is 10.2 Å². The molecule has 0 fully saturated rings. The zero-order valence-corrected chi connectivity index (χ0v) is 38.8. The molecule has 0 amide bonds. The lowest BCUT2D eigenvalue weighted by molar-refractivity contribution is 0.283. The summed E-state index contributed by atoms with van der Waals surface area (Å²) in [6.07, 6.45) is 3.94. The summed E-state index contributed by atoms with van der Waals surface area (Å²) in [5, 5.41) is 15.0. The molecule has 0 saturated heterocycles. The van der Waals surface area contributed by atoms with Crippen LogP contribution in [0, 0.1) is 10.8 Å². The van der Waals surface area contributed by atoms with E-state index in [0.717, 1.165) is 59.6 Å². The Kier molecular flexibility index (Phi) is 11.7. The fraction of sp³-hybridized carbons (Fsp3) is 0.345. The summed E-state index contributed by atoms with van der Waals surface area (Å²) >= 11 is 0. The Balaban J connectivity index is 0.995. The Labute approximate surface area is 372 Å². The highest BCUT2D eigenvalue weighted by atomic mass is 15.5. The molecule has 0 saturated carbocycles. The predicted octanol–water partition coefficient (Wildman–Crippen LogP) is 15.5. The molecule has 0 N–H and O–H groups in total. The lowest BCUT2D eigenvalue weighted by Crippen LogP contribution is -2.25. The average Bonchev–Trinajstić information content (AvgIpc) is 3.90. The molecule has 8 rings (SSSR count). The summed E-state index contributed by atoms with van der Waals surface area (Å²) in [5.74, 6) is 0. The molecule has 0 aliphatic carbocycles. The van der Waals surface area contributed by atoms with E-state index >= 15 is 0 Å². The molecule has 2 aliphatic heterocycles. The van der Waals surface area contributed by atoms with Crippen molar-refractivity contribution in [3.63, 3.8) is 0 Å². The van der Waals surface area contributed by atoms with E-state index in [-0.39, 0.29) is 33.7 Å². The van der Waals surface area contributed by atoms with Crippen LogP contribution < -0.4 is 10.0 Å². The zero-order valence-electron chi connectivity index (χ0n) is 38.8. The maximum absolute atomic E-state index is 5.28. The number of nitrogens with zero attached hydrogens (tertiary/aromatic N) is 4. The van der Waals surface area contributed by atoms with E-state index in [0.29, 0.717) is 0 Å². The van der Waals surface area contributed by atoms with E-state index in [4.69, 9.17) is 10.2 Å². The monoisotopic (exact) mass is 819 g/mol. The minimum atomic E-state index is 0.101. The van der Waals surface area contributed by atoms with Crippen LogP contribution in [0.3, 0.4) is 0 Å². The minimum Gasteiger partial charge on any atom is -0.257 e. The van der Waals surface area contributed by atoms with Crippen LogP contribution in [0.4, 0.5) is 11.4 Å². The fourth-order valence-corrected chi connectivity index (χ4v) is 10.4. The van der Waals surface area contributed by atoms with E-state index in [1.807, 2.05) is 0 Å². The van der Waals surface area contributed by atoms with Gasteiger partial charge < -0.3 is 0 Å². The quantitative estimate of drug-likeness (QED) is 0.130. The SMILES string of the molecule is CC(C)(C)CC(C)(C)c1ccc(C2CC(c3ccc(-c4ccc(C5=NN(c6ccccc6)C(c6ccc(C(C)(C)CC(C)(C)C)cc6)C5)cc4)cc3)=NN2c2ccccc2)cc1. The number of benzene rings is 6. The normalized spacial score (nSPS) is 17.3. The molecule has 4 heteroatoms. The molecular weight excluding hydrogens is 753 g/mol. The molecule has 6 aromatic rings. The molecule has 2 aliphatic rings. The Hall–Kier alpha value is -5.74. The molecule has 0 spiro atoms. The highest BCUT2D eigenvalue weighted by Gasteiger charge is 2.34. The molecule has 0 bridgehead atoms. The number of hydrogen-bond acceptors (Lipinski definition) is 4. The number of hydrogen-bond donors (Lipinski definition) is 0. The van der Waals surface area contributed by atoms with E-state index < -0.39 is 0 Å². The highest BCUT2D eigenvalue weighted by Crippen LogP contribution is 2.42. The Morgan fingerprint density at radius 3 is 1.00 bits per heavy atom. The Morgan fingerprint density at radius 2 is 0.694 bits per heavy atom. The first kappa shape index (κ1) is 42.9. The van der Waals surface area contributed by atoms with Gasteiger partial charge in [-0.15, -0.1) is 0 Å². The van der Waals surface area contributed by atoms with E-state index in [9.17, 15) is 0 Å². The van der Waals surface area contributed by atoms with Crippen molar-refractivity contribution in [3.8, 4) is 11.1 Å². The van der Waals surface area contributed by atoms with Crippen molar-refractivity contribution < 1.29 is 0 Å². The lowest BCUT2D eigenvalue weighted by Gasteiger charge is -2.33. The molecule has 2 heterocycles. The summed E-state index contributed by atoms with van der Waals surface area (Å²) in [6.45, 7) is 23.5. The van der Waals surface area contributed by atoms with Crippen molar-refractivity contribution in [2.24, 2.45) is 21.0 Å². The van der Waals surface area contributed by atoms with Gasteiger partial charge in [-0.1, -0.05) is 203 Å². The zero-order chi connectivity index (χ0) is 43.9. The third-order valence-electron chi connectivity index (χ3n) is 12.7. The summed E-state index contributed by atoms with van der Waals surface area (Å²) in [7, 11) is 0. The second-order valence-corrected chi connectivity index (χ2v) is 21.5. The van der Waals surface area contributed by atoms with Crippen LogP contribution in [0.1, 0.15) is 140 Å². The topological polar surface area (TPSA) is 31.2 Å². The first-order chi connectivity index (χ1) is 29.4. The van der Waals surface area contributed by atoms with Crippen molar-refractivity contribution in [2.45, 2.75) is 118 Å². The lowest BCUT2D eigenvalue weighted by atomic mass is 9.72. The maximum atomic E-state index is 5.28. The smallest absolute Gasteiger partial charge is 0.0831 e. The predicted molar refractivity (Wildman–Crippen MR) is 265 cm³/mol. The molecule has 318 valence electrons. The molecule has 6 aromatic carbocycles. The Bertz CT molecular complexity index is 2320. The number of hydrazone groups is 2. The van der Waals surface area contributed by atoms with Crippen molar-refractivity contribution in [1.29, 1.82) is 0 Å². The highest BCUT2D eigenvalue weighted by molar-refractivity contribution is 6.04. The van der Waals surface area contributed by atoms with Gasteiger partial charge in [-0.3, -0.25) is 10.0 Å². The van der Waals surface area contributed by atoms with Gasteiger partial charge in [0.05, 0.1) is 34.9 Å². The van der Waals surface area contributed by atoms with Gasteiger partial charge in [-0.25, -0.2) is 0 Å². The Morgan fingerprint density at radius 1 is 0.387 bits per heavy atom. The van der Waals surface area contributed by atoms with Crippen LogP contribution >= 0.6 is 0 Å². The van der Waals surface area contributed by atoms with Gasteiger partial charge in [0.25, 0.3) is 0 Å². The van der Waals surface area contributed by atoms with Crippen molar-refractivity contribution in [3.05, 3.63) is 191 Å². The summed E-state index contributed by atoms with van der Waals surface area (Å²) in [4.78, 5) is 0. The third-order valence-corrected chi connectivity index (χ3v) is 12.7. The standard InChI is InChI=1S/C58H66N4/c1-55(2,3)39-57(7,8)47-33-29-45(30-34-47)53-37-51(59-61(53)49-17-13-11-14-18-49)43-25-21-41(22-26-43)42-23-27-44(28-24-42)52-38-54(62(60-52)50-19-15-12-16-20-50)46-31-35-48(36-32-46)58(9,10)40-56(4,5)6/h11-36,53-54H,37-40H2,1-10H3. The van der Waals surface area contributed by atoms with Gasteiger partial charge in [0, 0.05) is 12.8 Å². The second-order valence-electron chi connectivity index (χ2n) is 21.5. The van der Waals surface area contributed by atoms with E-state index in [2.05, 4.69) is 237 Å². The fourth-order valence-electron chi connectivity index (χ4n) is 10.4. The molecule has 62 heavy (non-hydrogen) atoms. The van der Waals surface area contributed by atoms with E-state index in [1.165, 1.54) is 33.4 Å². The molecule has 4 nitrogen and oxygen atoms in total.